The smallest absolute Gasteiger partial charge is 0.299 e. The Bertz CT molecular complexity index is 1110. The molecule has 2 fully saturated rings. The van der Waals surface area contributed by atoms with E-state index in [2.05, 4.69) is 0 Å². The predicted molar refractivity (Wildman–Crippen MR) is 89.8 cm³/mol. The van der Waals surface area contributed by atoms with Crippen molar-refractivity contribution in [3.63, 3.8) is 0 Å². The molecule has 2 bridgehead atoms. The third-order valence-corrected chi connectivity index (χ3v) is 7.33. The number of allylic oxidation sites excluding steroid dienone is 2. The summed E-state index contributed by atoms with van der Waals surface area (Å²) in [4.78, 5) is 38.8. The molecule has 3 aliphatic carbocycles. The molecule has 3 unspecified atom stereocenters. The van der Waals surface area contributed by atoms with E-state index in [0.29, 0.717) is 17.9 Å². The van der Waals surface area contributed by atoms with Crippen molar-refractivity contribution in [1.82, 2.24) is 13.9 Å². The van der Waals surface area contributed by atoms with Gasteiger partial charge in [0.2, 0.25) is 0 Å². The molecule has 2 saturated carbocycles. The van der Waals surface area contributed by atoms with Gasteiger partial charge in [-0.3, -0.25) is 4.79 Å². The van der Waals surface area contributed by atoms with E-state index in [1.165, 1.54) is 4.57 Å². The second kappa shape index (κ2) is 3.79. The molecule has 5 atom stereocenters. The van der Waals surface area contributed by atoms with Crippen molar-refractivity contribution in [1.29, 1.82) is 0 Å². The van der Waals surface area contributed by atoms with Crippen molar-refractivity contribution >= 4 is 5.78 Å². The van der Waals surface area contributed by atoms with Crippen LogP contribution in [0.4, 0.5) is 0 Å². The minimum Gasteiger partial charge on any atom is -0.299 e. The Kier molecular flexibility index (Phi) is 2.07. The fourth-order valence-electron chi connectivity index (χ4n) is 6.29. The van der Waals surface area contributed by atoms with Crippen LogP contribution in [0.15, 0.2) is 52.1 Å². The maximum Gasteiger partial charge on any atom is 0.352 e. The van der Waals surface area contributed by atoms with Gasteiger partial charge in [-0.2, -0.15) is 0 Å². The summed E-state index contributed by atoms with van der Waals surface area (Å²) in [6.07, 6.45) is 5.47. The van der Waals surface area contributed by atoms with Gasteiger partial charge in [-0.05, 0) is 18.6 Å². The lowest BCUT2D eigenvalue weighted by Crippen LogP contribution is -2.44. The van der Waals surface area contributed by atoms with Crippen LogP contribution in [0.25, 0.3) is 5.69 Å². The number of rotatable bonds is 1. The first-order valence-electron chi connectivity index (χ1n) is 8.76. The molecule has 1 aromatic heterocycles. The maximum atomic E-state index is 13.1. The van der Waals surface area contributed by atoms with Gasteiger partial charge in [0.05, 0.1) is 17.8 Å². The molecule has 0 N–H and O–H groups in total. The molecule has 0 saturated heterocycles. The number of benzene rings is 1. The molecule has 1 spiro atoms. The van der Waals surface area contributed by atoms with E-state index in [0.717, 1.165) is 6.42 Å². The zero-order chi connectivity index (χ0) is 17.1. The van der Waals surface area contributed by atoms with Gasteiger partial charge in [-0.25, -0.2) is 23.5 Å². The minimum absolute atomic E-state index is 0.139. The highest BCUT2D eigenvalue weighted by Gasteiger charge is 2.86. The molecule has 5 aliphatic rings. The fourth-order valence-corrected chi connectivity index (χ4v) is 6.29. The van der Waals surface area contributed by atoms with Crippen molar-refractivity contribution in [3.8, 4) is 5.69 Å². The maximum absolute atomic E-state index is 13.1. The Hall–Kier alpha value is -2.63. The molecule has 2 aliphatic heterocycles. The van der Waals surface area contributed by atoms with Crippen molar-refractivity contribution in [3.05, 3.63) is 63.5 Å². The molecule has 1 aromatic carbocycles. The lowest BCUT2D eigenvalue weighted by Gasteiger charge is -2.38. The number of carbonyl (C=O) groups excluding carboxylic acids is 1. The first-order valence-corrected chi connectivity index (χ1v) is 8.76. The van der Waals surface area contributed by atoms with Crippen LogP contribution in [-0.4, -0.2) is 19.7 Å². The molecule has 126 valence electrons. The summed E-state index contributed by atoms with van der Waals surface area (Å²) < 4.78 is 4.45. The number of aromatic nitrogens is 3. The van der Waals surface area contributed by atoms with Crippen molar-refractivity contribution in [2.24, 2.45) is 16.7 Å². The highest BCUT2D eigenvalue weighted by molar-refractivity contribution is 5.93. The molecule has 0 amide bonds. The normalized spacial score (nSPS) is 39.2. The van der Waals surface area contributed by atoms with E-state index in [4.69, 9.17) is 0 Å². The van der Waals surface area contributed by atoms with Gasteiger partial charge in [0, 0.05) is 23.2 Å². The van der Waals surface area contributed by atoms with E-state index in [1.54, 1.807) is 21.5 Å². The van der Waals surface area contributed by atoms with Gasteiger partial charge in [-0.1, -0.05) is 37.3 Å². The summed E-state index contributed by atoms with van der Waals surface area (Å²) in [5, 5.41) is 0. The molecule has 6 heteroatoms. The average Bonchev–Trinajstić information content (AvgIpc) is 3.00. The van der Waals surface area contributed by atoms with E-state index in [9.17, 15) is 14.4 Å². The molecule has 6 nitrogen and oxygen atoms in total. The first kappa shape index (κ1) is 13.6. The fraction of sp³-hybridized carbons (Fsp3) is 0.421. The lowest BCUT2D eigenvalue weighted by molar-refractivity contribution is -0.123. The molecule has 7 rings (SSSR count). The lowest BCUT2D eigenvalue weighted by atomic mass is 9.82. The number of Topliss-reactive ketones (excluding diaryl/α,β-unsaturated/α-hetero) is 1. The Balaban J connectivity index is 1.64. The van der Waals surface area contributed by atoms with Crippen molar-refractivity contribution in [2.75, 3.05) is 0 Å². The van der Waals surface area contributed by atoms with Gasteiger partial charge in [0.1, 0.15) is 5.78 Å². The number of para-hydroxylation sites is 1. The van der Waals surface area contributed by atoms with E-state index in [1.807, 2.05) is 37.3 Å². The monoisotopic (exact) mass is 335 g/mol. The molecule has 2 aromatic rings. The standard InChI is InChI=1S/C19H17N3O3/c1-18-14(23)9-10-19(18)13-8-7-12(15(18)19)21-16(24)20(17(25)22(13)21)11-5-3-2-4-6-11/h2-8,12-13,15H,9-10H2,1H3/t12?,13?,15-,18-,19?/m1/s1. The Labute approximate surface area is 143 Å². The van der Waals surface area contributed by atoms with Crippen molar-refractivity contribution < 1.29 is 4.79 Å². The van der Waals surface area contributed by atoms with Gasteiger partial charge in [-0.15, -0.1) is 0 Å². The summed E-state index contributed by atoms with van der Waals surface area (Å²) in [7, 11) is 0. The van der Waals surface area contributed by atoms with Crippen LogP contribution in [0.1, 0.15) is 31.8 Å². The van der Waals surface area contributed by atoms with Crippen LogP contribution in [0.5, 0.6) is 0 Å². The number of carbonyl (C=O) groups is 1. The second-order valence-corrected chi connectivity index (χ2v) is 7.89. The van der Waals surface area contributed by atoms with Crippen LogP contribution < -0.4 is 11.4 Å². The number of hydrogen-bond donors (Lipinski definition) is 0. The summed E-state index contributed by atoms with van der Waals surface area (Å²) in [5.74, 6) is 0.429. The van der Waals surface area contributed by atoms with Gasteiger partial charge >= 0.3 is 11.4 Å². The first-order chi connectivity index (χ1) is 12.0. The Morgan fingerprint density at radius 2 is 1.72 bits per heavy atom. The van der Waals surface area contributed by atoms with Gasteiger partial charge in [0.15, 0.2) is 0 Å². The van der Waals surface area contributed by atoms with Crippen LogP contribution >= 0.6 is 0 Å². The quantitative estimate of drug-likeness (QED) is 0.741. The third kappa shape index (κ3) is 1.15. The summed E-state index contributed by atoms with van der Waals surface area (Å²) in [6.45, 7) is 2.03. The predicted octanol–water partition coefficient (Wildman–Crippen LogP) is 1.45. The number of nitrogens with zero attached hydrogens (tertiary/aromatic N) is 3. The van der Waals surface area contributed by atoms with Crippen LogP contribution in [0, 0.1) is 16.7 Å². The largest absolute Gasteiger partial charge is 0.352 e. The molecular weight excluding hydrogens is 318 g/mol. The van der Waals surface area contributed by atoms with Gasteiger partial charge in [0.25, 0.3) is 0 Å². The topological polar surface area (TPSA) is 66.0 Å². The Morgan fingerprint density at radius 1 is 1.00 bits per heavy atom. The van der Waals surface area contributed by atoms with Gasteiger partial charge < -0.3 is 0 Å². The van der Waals surface area contributed by atoms with Crippen LogP contribution in [-0.2, 0) is 4.79 Å². The average molecular weight is 335 g/mol. The molecule has 0 radical (unpaired) electrons. The van der Waals surface area contributed by atoms with E-state index < -0.39 is 5.41 Å². The summed E-state index contributed by atoms with van der Waals surface area (Å²) in [5.41, 5.74) is -0.608. The zero-order valence-corrected chi connectivity index (χ0v) is 13.8. The summed E-state index contributed by atoms with van der Waals surface area (Å²) in [6, 6.07) is 8.63. The highest BCUT2D eigenvalue weighted by atomic mass is 16.2. The Morgan fingerprint density at radius 3 is 2.48 bits per heavy atom. The van der Waals surface area contributed by atoms with Crippen molar-refractivity contribution in [2.45, 2.75) is 31.8 Å². The van der Waals surface area contributed by atoms with Crippen LogP contribution in [0.2, 0.25) is 0 Å². The molecule has 25 heavy (non-hydrogen) atoms. The van der Waals surface area contributed by atoms with E-state index in [-0.39, 0.29) is 34.8 Å². The van der Waals surface area contributed by atoms with E-state index >= 15 is 0 Å². The number of hydrogen-bond acceptors (Lipinski definition) is 3. The minimum atomic E-state index is -0.395. The second-order valence-electron chi connectivity index (χ2n) is 7.89. The number of ketones is 1. The molecular formula is C19H17N3O3. The third-order valence-electron chi connectivity index (χ3n) is 7.33. The van der Waals surface area contributed by atoms with Crippen LogP contribution in [0.3, 0.4) is 0 Å². The SMILES string of the molecule is C[C@]12C(=O)CCC13C1C=CC([C@@H]32)n2c(=O)n(-c3ccccc3)c(=O)n21. The molecule has 3 heterocycles. The highest BCUT2D eigenvalue weighted by Crippen LogP contribution is 2.85. The summed E-state index contributed by atoms with van der Waals surface area (Å²) >= 11 is 0. The zero-order valence-electron chi connectivity index (χ0n) is 13.8.